The van der Waals surface area contributed by atoms with Crippen LogP contribution in [0, 0.1) is 8.34 Å². The van der Waals surface area contributed by atoms with Gasteiger partial charge in [0, 0.05) is 8.04 Å². The molecule has 0 spiro atoms. The molecule has 1 aromatic heterocycles. The standard InChI is InChI=1S/C15H8BrIN2O2S/c16-8-5-6-12-10(7-8)14(21)19(15(22)18-12)13(20)9-3-1-2-4-11(9)17/h1-7H,(H,18,22). The minimum absolute atomic E-state index is 0.0875. The van der Waals surface area contributed by atoms with E-state index >= 15 is 0 Å². The first-order valence-electron chi connectivity index (χ1n) is 6.23. The van der Waals surface area contributed by atoms with Gasteiger partial charge in [0.25, 0.3) is 11.5 Å². The molecule has 0 bridgehead atoms. The van der Waals surface area contributed by atoms with Crippen LogP contribution >= 0.6 is 50.7 Å². The number of carbonyl (C=O) groups excluding carboxylic acids is 1. The first kappa shape index (κ1) is 15.6. The van der Waals surface area contributed by atoms with Crippen LogP contribution in [0.5, 0.6) is 0 Å². The van der Waals surface area contributed by atoms with Crippen LogP contribution in [0.2, 0.25) is 0 Å². The average Bonchev–Trinajstić information content (AvgIpc) is 2.48. The second kappa shape index (κ2) is 6.05. The van der Waals surface area contributed by atoms with E-state index in [1.807, 2.05) is 12.1 Å². The number of carbonyl (C=O) groups is 1. The fourth-order valence-electron chi connectivity index (χ4n) is 2.13. The zero-order chi connectivity index (χ0) is 15.9. The Labute approximate surface area is 152 Å². The van der Waals surface area contributed by atoms with Gasteiger partial charge in [0.05, 0.1) is 16.5 Å². The number of rotatable bonds is 1. The summed E-state index contributed by atoms with van der Waals surface area (Å²) in [5, 5.41) is 0.405. The van der Waals surface area contributed by atoms with Crippen molar-refractivity contribution in [3.63, 3.8) is 0 Å². The first-order valence-corrected chi connectivity index (χ1v) is 8.51. The van der Waals surface area contributed by atoms with Crippen LogP contribution in [-0.4, -0.2) is 15.5 Å². The molecule has 0 aliphatic carbocycles. The third kappa shape index (κ3) is 2.68. The summed E-state index contributed by atoms with van der Waals surface area (Å²) in [6.07, 6.45) is 0. The molecule has 0 aliphatic rings. The maximum absolute atomic E-state index is 12.7. The lowest BCUT2D eigenvalue weighted by molar-refractivity contribution is 0.0952. The lowest BCUT2D eigenvalue weighted by Gasteiger charge is -2.08. The van der Waals surface area contributed by atoms with E-state index in [9.17, 15) is 9.59 Å². The van der Waals surface area contributed by atoms with Crippen LogP contribution in [-0.2, 0) is 0 Å². The summed E-state index contributed by atoms with van der Waals surface area (Å²) in [5.41, 5.74) is 0.619. The second-order valence-corrected chi connectivity index (χ2v) is 7.01. The smallest absolute Gasteiger partial charge is 0.269 e. The average molecular weight is 487 g/mol. The van der Waals surface area contributed by atoms with Gasteiger partial charge in [0.15, 0.2) is 4.77 Å². The molecule has 3 aromatic rings. The van der Waals surface area contributed by atoms with Crippen molar-refractivity contribution in [3.05, 3.63) is 71.2 Å². The van der Waals surface area contributed by atoms with E-state index in [2.05, 4.69) is 43.5 Å². The molecule has 1 heterocycles. The van der Waals surface area contributed by atoms with Gasteiger partial charge in [-0.3, -0.25) is 9.59 Å². The van der Waals surface area contributed by atoms with Crippen LogP contribution in [0.1, 0.15) is 10.4 Å². The topological polar surface area (TPSA) is 54.9 Å². The van der Waals surface area contributed by atoms with E-state index in [0.29, 0.717) is 16.5 Å². The Morgan fingerprint density at radius 1 is 1.23 bits per heavy atom. The number of halogens is 2. The molecule has 0 unspecified atom stereocenters. The predicted octanol–water partition coefficient (Wildman–Crippen LogP) is 4.11. The zero-order valence-electron chi connectivity index (χ0n) is 11.0. The summed E-state index contributed by atoms with van der Waals surface area (Å²) in [5.74, 6) is -0.432. The van der Waals surface area contributed by atoms with Gasteiger partial charge in [-0.25, -0.2) is 4.57 Å². The van der Waals surface area contributed by atoms with Crippen molar-refractivity contribution in [2.24, 2.45) is 0 Å². The number of hydrogen-bond donors (Lipinski definition) is 1. The molecule has 7 heteroatoms. The molecule has 0 radical (unpaired) electrons. The van der Waals surface area contributed by atoms with Crippen molar-refractivity contribution in [2.75, 3.05) is 0 Å². The fraction of sp³-hybridized carbons (Fsp3) is 0. The summed E-state index contributed by atoms with van der Waals surface area (Å²) in [4.78, 5) is 28.3. The minimum Gasteiger partial charge on any atom is -0.331 e. The summed E-state index contributed by atoms with van der Waals surface area (Å²) in [6, 6.07) is 12.3. The predicted molar refractivity (Wildman–Crippen MR) is 100.0 cm³/mol. The third-order valence-electron chi connectivity index (χ3n) is 3.17. The highest BCUT2D eigenvalue weighted by Crippen LogP contribution is 2.17. The number of benzene rings is 2. The molecule has 0 aliphatic heterocycles. The number of H-pyrrole nitrogens is 1. The van der Waals surface area contributed by atoms with Gasteiger partial charge in [-0.1, -0.05) is 28.1 Å². The van der Waals surface area contributed by atoms with Gasteiger partial charge in [-0.2, -0.15) is 0 Å². The number of hydrogen-bond acceptors (Lipinski definition) is 3. The van der Waals surface area contributed by atoms with Crippen LogP contribution in [0.4, 0.5) is 0 Å². The Balaban J connectivity index is 2.32. The molecular weight excluding hydrogens is 479 g/mol. The summed E-state index contributed by atoms with van der Waals surface area (Å²) in [7, 11) is 0. The van der Waals surface area contributed by atoms with E-state index in [-0.39, 0.29) is 4.77 Å². The van der Waals surface area contributed by atoms with Gasteiger partial charge >= 0.3 is 0 Å². The van der Waals surface area contributed by atoms with Crippen LogP contribution in [0.3, 0.4) is 0 Å². The van der Waals surface area contributed by atoms with Crippen molar-refractivity contribution in [2.45, 2.75) is 0 Å². The van der Waals surface area contributed by atoms with E-state index < -0.39 is 11.5 Å². The first-order chi connectivity index (χ1) is 10.5. The number of nitrogens with zero attached hydrogens (tertiary/aromatic N) is 1. The Morgan fingerprint density at radius 2 is 1.95 bits per heavy atom. The van der Waals surface area contributed by atoms with E-state index in [1.165, 1.54) is 0 Å². The van der Waals surface area contributed by atoms with Crippen LogP contribution in [0.25, 0.3) is 10.9 Å². The lowest BCUT2D eigenvalue weighted by atomic mass is 10.2. The molecule has 0 fully saturated rings. The molecule has 0 amide bonds. The summed E-state index contributed by atoms with van der Waals surface area (Å²) < 4.78 is 2.61. The van der Waals surface area contributed by atoms with Crippen molar-refractivity contribution < 1.29 is 4.79 Å². The largest absolute Gasteiger partial charge is 0.331 e. The van der Waals surface area contributed by atoms with Crippen molar-refractivity contribution in [1.29, 1.82) is 0 Å². The van der Waals surface area contributed by atoms with E-state index in [4.69, 9.17) is 12.2 Å². The number of fused-ring (bicyclic) bond motifs is 1. The molecule has 0 saturated carbocycles. The third-order valence-corrected chi connectivity index (χ3v) is 4.89. The van der Waals surface area contributed by atoms with Gasteiger partial charge < -0.3 is 4.98 Å². The van der Waals surface area contributed by atoms with Gasteiger partial charge in [-0.05, 0) is 65.1 Å². The Kier molecular flexibility index (Phi) is 4.28. The Morgan fingerprint density at radius 3 is 2.68 bits per heavy atom. The zero-order valence-corrected chi connectivity index (χ0v) is 15.5. The maximum Gasteiger partial charge on any atom is 0.269 e. The molecule has 110 valence electrons. The molecule has 4 nitrogen and oxygen atoms in total. The van der Waals surface area contributed by atoms with Gasteiger partial charge in [-0.15, -0.1) is 0 Å². The number of nitrogens with one attached hydrogen (secondary N) is 1. The number of aromatic amines is 1. The molecule has 22 heavy (non-hydrogen) atoms. The normalized spacial score (nSPS) is 10.8. The highest BCUT2D eigenvalue weighted by Gasteiger charge is 2.16. The van der Waals surface area contributed by atoms with Crippen molar-refractivity contribution >= 4 is 67.5 Å². The SMILES string of the molecule is O=C(c1ccccc1I)n1c(=S)[nH]c2ccc(Br)cc2c1=O. The molecular formula is C15H8BrIN2O2S. The van der Waals surface area contributed by atoms with Crippen molar-refractivity contribution in [3.8, 4) is 0 Å². The highest BCUT2D eigenvalue weighted by atomic mass is 127. The van der Waals surface area contributed by atoms with Gasteiger partial charge in [0.2, 0.25) is 0 Å². The molecule has 0 saturated heterocycles. The van der Waals surface area contributed by atoms with Crippen LogP contribution < -0.4 is 5.56 Å². The van der Waals surface area contributed by atoms with Gasteiger partial charge in [0.1, 0.15) is 0 Å². The van der Waals surface area contributed by atoms with Crippen molar-refractivity contribution in [1.82, 2.24) is 9.55 Å². The molecule has 0 atom stereocenters. The maximum atomic E-state index is 12.7. The second-order valence-electron chi connectivity index (χ2n) is 4.55. The fourth-order valence-corrected chi connectivity index (χ4v) is 3.38. The van der Waals surface area contributed by atoms with E-state index in [1.54, 1.807) is 30.3 Å². The molecule has 1 N–H and O–H groups in total. The summed E-state index contributed by atoms with van der Waals surface area (Å²) >= 11 is 10.6. The Hall–Kier alpha value is -1.32. The minimum atomic E-state index is -0.432. The van der Waals surface area contributed by atoms with E-state index in [0.717, 1.165) is 12.6 Å². The summed E-state index contributed by atoms with van der Waals surface area (Å²) in [6.45, 7) is 0. The monoisotopic (exact) mass is 486 g/mol. The quantitative estimate of drug-likeness (QED) is 0.416. The molecule has 2 aromatic carbocycles. The van der Waals surface area contributed by atoms with Crippen LogP contribution in [0.15, 0.2) is 51.7 Å². The lowest BCUT2D eigenvalue weighted by Crippen LogP contribution is -2.29. The highest BCUT2D eigenvalue weighted by molar-refractivity contribution is 14.1. The molecule has 3 rings (SSSR count). The Bertz CT molecular complexity index is 1030. The number of aromatic nitrogens is 2.